The van der Waals surface area contributed by atoms with E-state index in [1.54, 1.807) is 23.5 Å². The van der Waals surface area contributed by atoms with Crippen LogP contribution in [0.2, 0.25) is 0 Å². The molecule has 0 radical (unpaired) electrons. The van der Waals surface area contributed by atoms with Gasteiger partial charge in [0, 0.05) is 16.8 Å². The Morgan fingerprint density at radius 1 is 1.00 bits per heavy atom. The number of thiazole rings is 1. The largest absolute Gasteiger partial charge is 0.484 e. The summed E-state index contributed by atoms with van der Waals surface area (Å²) in [4.78, 5) is 36.5. The van der Waals surface area contributed by atoms with Gasteiger partial charge >= 0.3 is 0 Å². The Hall–Kier alpha value is -4.24. The summed E-state index contributed by atoms with van der Waals surface area (Å²) in [5, 5.41) is 3.94. The molecule has 0 saturated carbocycles. The van der Waals surface area contributed by atoms with Crippen molar-refractivity contribution in [3.63, 3.8) is 0 Å². The minimum absolute atomic E-state index is 0.176. The average molecular weight is 486 g/mol. The number of hydrogen-bond acceptors (Lipinski definition) is 6. The summed E-state index contributed by atoms with van der Waals surface area (Å²) in [6.45, 7) is 5.69. The molecule has 0 aliphatic carbocycles. The molecule has 5 rings (SSSR count). The molecule has 8 nitrogen and oxygen atoms in total. The zero-order valence-electron chi connectivity index (χ0n) is 19.4. The van der Waals surface area contributed by atoms with E-state index in [0.717, 1.165) is 42.9 Å². The Bertz CT molecular complexity index is 1600. The normalized spacial score (nSPS) is 11.2. The molecule has 2 heterocycles. The van der Waals surface area contributed by atoms with Gasteiger partial charge in [-0.2, -0.15) is 0 Å². The van der Waals surface area contributed by atoms with Crippen LogP contribution >= 0.6 is 11.3 Å². The third-order valence-corrected chi connectivity index (χ3v) is 6.57. The predicted molar refractivity (Wildman–Crippen MR) is 138 cm³/mol. The van der Waals surface area contributed by atoms with E-state index in [1.165, 1.54) is 0 Å². The first-order valence-electron chi connectivity index (χ1n) is 11.0. The van der Waals surface area contributed by atoms with E-state index in [1.807, 2.05) is 57.2 Å². The highest BCUT2D eigenvalue weighted by Crippen LogP contribution is 2.31. The van der Waals surface area contributed by atoms with Crippen LogP contribution < -0.4 is 15.8 Å². The number of nitrogens with two attached hydrogens (primary N) is 1. The lowest BCUT2D eigenvalue weighted by Gasteiger charge is -2.11. The molecule has 0 bridgehead atoms. The maximum Gasteiger partial charge on any atom is 0.255 e. The van der Waals surface area contributed by atoms with Crippen LogP contribution in [0.3, 0.4) is 0 Å². The molecule has 2 amide bonds. The van der Waals surface area contributed by atoms with Crippen LogP contribution in [0.4, 0.5) is 5.69 Å². The number of aromatic amines is 1. The summed E-state index contributed by atoms with van der Waals surface area (Å²) < 4.78 is 6.53. The first kappa shape index (κ1) is 22.5. The van der Waals surface area contributed by atoms with Crippen LogP contribution in [0.5, 0.6) is 5.75 Å². The van der Waals surface area contributed by atoms with E-state index in [0.29, 0.717) is 22.8 Å². The standard InChI is InChI=1S/C26H23N5O3S/c1-13-8-18(34-12-23(27)32)9-14(2)24(13)25-30-19-6-4-16(10-20(19)31-25)26(33)29-17-5-7-22-21(11-17)28-15(3)35-22/h4-11H,12H2,1-3H3,(H2,27,32)(H,29,33)(H,30,31). The van der Waals surface area contributed by atoms with Gasteiger partial charge in [0.25, 0.3) is 11.8 Å². The number of nitrogens with one attached hydrogen (secondary N) is 2. The zero-order chi connectivity index (χ0) is 24.7. The number of carbonyl (C=O) groups excluding carboxylic acids is 2. The Morgan fingerprint density at radius 2 is 1.77 bits per heavy atom. The number of primary amides is 1. The third kappa shape index (κ3) is 4.58. The Kier molecular flexibility index (Phi) is 5.70. The molecule has 9 heteroatoms. The molecular formula is C26H23N5O3S. The van der Waals surface area contributed by atoms with Crippen molar-refractivity contribution in [1.29, 1.82) is 0 Å². The van der Waals surface area contributed by atoms with Gasteiger partial charge in [-0.05, 0) is 80.4 Å². The lowest BCUT2D eigenvalue weighted by molar-refractivity contribution is -0.119. The molecule has 176 valence electrons. The van der Waals surface area contributed by atoms with Crippen LogP contribution in [0.15, 0.2) is 48.5 Å². The highest BCUT2D eigenvalue weighted by molar-refractivity contribution is 7.18. The van der Waals surface area contributed by atoms with Crippen LogP contribution in [0.1, 0.15) is 26.5 Å². The maximum absolute atomic E-state index is 12.9. The van der Waals surface area contributed by atoms with E-state index >= 15 is 0 Å². The summed E-state index contributed by atoms with van der Waals surface area (Å²) in [5.74, 6) is 0.528. The second-order valence-electron chi connectivity index (χ2n) is 8.37. The number of aryl methyl sites for hydroxylation is 3. The molecule has 0 atom stereocenters. The number of hydrogen-bond donors (Lipinski definition) is 3. The highest BCUT2D eigenvalue weighted by Gasteiger charge is 2.15. The van der Waals surface area contributed by atoms with Crippen LogP contribution in [-0.2, 0) is 4.79 Å². The van der Waals surface area contributed by atoms with Crippen molar-refractivity contribution >= 4 is 50.1 Å². The van der Waals surface area contributed by atoms with E-state index in [9.17, 15) is 9.59 Å². The molecule has 0 saturated heterocycles. The Balaban J connectivity index is 1.40. The van der Waals surface area contributed by atoms with E-state index in [2.05, 4.69) is 15.3 Å². The molecule has 0 spiro atoms. The lowest BCUT2D eigenvalue weighted by atomic mass is 10.0. The summed E-state index contributed by atoms with van der Waals surface area (Å²) in [6.07, 6.45) is 0. The van der Waals surface area contributed by atoms with Crippen molar-refractivity contribution in [2.45, 2.75) is 20.8 Å². The Morgan fingerprint density at radius 3 is 2.51 bits per heavy atom. The van der Waals surface area contributed by atoms with Crippen LogP contribution in [-0.4, -0.2) is 33.4 Å². The van der Waals surface area contributed by atoms with Gasteiger partial charge in [0.15, 0.2) is 6.61 Å². The van der Waals surface area contributed by atoms with E-state index in [-0.39, 0.29) is 12.5 Å². The lowest BCUT2D eigenvalue weighted by Crippen LogP contribution is -2.20. The first-order valence-corrected chi connectivity index (χ1v) is 11.8. The number of aromatic nitrogens is 3. The summed E-state index contributed by atoms with van der Waals surface area (Å²) in [5.41, 5.74) is 11.6. The molecule has 0 fully saturated rings. The zero-order valence-corrected chi connectivity index (χ0v) is 20.2. The van der Waals surface area contributed by atoms with Gasteiger partial charge in [-0.15, -0.1) is 11.3 Å². The van der Waals surface area contributed by atoms with Gasteiger partial charge in [0.05, 0.1) is 26.3 Å². The Labute approximate surface area is 205 Å². The smallest absolute Gasteiger partial charge is 0.255 e. The predicted octanol–water partition coefficient (Wildman–Crippen LogP) is 4.88. The highest BCUT2D eigenvalue weighted by atomic mass is 32.1. The fourth-order valence-corrected chi connectivity index (χ4v) is 4.94. The van der Waals surface area contributed by atoms with Crippen LogP contribution in [0.25, 0.3) is 32.6 Å². The maximum atomic E-state index is 12.9. The van der Waals surface area contributed by atoms with Gasteiger partial charge in [-0.1, -0.05) is 0 Å². The van der Waals surface area contributed by atoms with E-state index < -0.39 is 5.91 Å². The van der Waals surface area contributed by atoms with E-state index in [4.69, 9.17) is 15.5 Å². The number of ether oxygens (including phenoxy) is 1. The number of imidazole rings is 1. The summed E-state index contributed by atoms with van der Waals surface area (Å²) >= 11 is 1.62. The summed E-state index contributed by atoms with van der Waals surface area (Å²) in [7, 11) is 0. The van der Waals surface area contributed by atoms with Crippen molar-refractivity contribution in [3.05, 3.63) is 70.2 Å². The van der Waals surface area contributed by atoms with Crippen molar-refractivity contribution in [2.75, 3.05) is 11.9 Å². The molecule has 0 unspecified atom stereocenters. The second-order valence-corrected chi connectivity index (χ2v) is 9.61. The third-order valence-electron chi connectivity index (χ3n) is 5.62. The number of H-pyrrole nitrogens is 1. The summed E-state index contributed by atoms with van der Waals surface area (Å²) in [6, 6.07) is 14.8. The average Bonchev–Trinajstić information content (AvgIpc) is 3.38. The number of benzene rings is 3. The molecule has 0 aliphatic rings. The van der Waals surface area contributed by atoms with Gasteiger partial charge < -0.3 is 20.8 Å². The van der Waals surface area contributed by atoms with Crippen molar-refractivity contribution in [1.82, 2.24) is 15.0 Å². The minimum Gasteiger partial charge on any atom is -0.484 e. The first-order chi connectivity index (χ1) is 16.8. The monoisotopic (exact) mass is 485 g/mol. The van der Waals surface area contributed by atoms with Gasteiger partial charge in [-0.25, -0.2) is 9.97 Å². The fraction of sp³-hybridized carbons (Fsp3) is 0.154. The number of rotatable bonds is 6. The number of nitrogens with zero attached hydrogens (tertiary/aromatic N) is 2. The van der Waals surface area contributed by atoms with Crippen molar-refractivity contribution < 1.29 is 14.3 Å². The fourth-order valence-electron chi connectivity index (χ4n) is 4.13. The van der Waals surface area contributed by atoms with Gasteiger partial charge in [0.1, 0.15) is 11.6 Å². The molecule has 2 aromatic heterocycles. The molecule has 0 aliphatic heterocycles. The van der Waals surface area contributed by atoms with Crippen molar-refractivity contribution in [3.8, 4) is 17.1 Å². The number of amides is 2. The topological polar surface area (TPSA) is 123 Å². The molecule has 4 N–H and O–H groups in total. The van der Waals surface area contributed by atoms with Crippen molar-refractivity contribution in [2.24, 2.45) is 5.73 Å². The SMILES string of the molecule is Cc1nc2cc(NC(=O)c3ccc4nc(-c5c(C)cc(OCC(N)=O)cc5C)[nH]c4c3)ccc2s1. The molecule has 35 heavy (non-hydrogen) atoms. The van der Waals surface area contributed by atoms with Gasteiger partial charge in [0.2, 0.25) is 0 Å². The quantitative estimate of drug-likeness (QED) is 0.316. The second kappa shape index (κ2) is 8.84. The minimum atomic E-state index is -0.528. The van der Waals surface area contributed by atoms with Crippen LogP contribution in [0, 0.1) is 20.8 Å². The number of fused-ring (bicyclic) bond motifs is 2. The number of anilines is 1. The molecule has 5 aromatic rings. The van der Waals surface area contributed by atoms with Gasteiger partial charge in [-0.3, -0.25) is 9.59 Å². The number of carbonyl (C=O) groups is 2. The molecule has 3 aromatic carbocycles. The molecular weight excluding hydrogens is 462 g/mol.